The number of carbonyl (C=O) groups is 2. The van der Waals surface area contributed by atoms with Gasteiger partial charge >= 0.3 is 5.97 Å². The smallest absolute Gasteiger partial charge is 0.316 e. The molecule has 0 saturated carbocycles. The quantitative estimate of drug-likeness (QED) is 0.325. The van der Waals surface area contributed by atoms with E-state index in [4.69, 9.17) is 21.1 Å². The van der Waals surface area contributed by atoms with Gasteiger partial charge in [0.15, 0.2) is 5.76 Å². The van der Waals surface area contributed by atoms with Crippen LogP contribution in [0.5, 0.6) is 11.5 Å². The van der Waals surface area contributed by atoms with Gasteiger partial charge in [-0.1, -0.05) is 29.8 Å². The zero-order chi connectivity index (χ0) is 19.7. The molecule has 140 valence electrons. The molecule has 6 heteroatoms. The number of ether oxygens (including phenoxy) is 2. The molecule has 4 rings (SSSR count). The van der Waals surface area contributed by atoms with Crippen molar-refractivity contribution in [2.24, 2.45) is 0 Å². The fraction of sp³-hybridized carbons (Fsp3) is 0.0909. The average Bonchev–Trinajstić information content (AvgIpc) is 3.23. The standard InChI is InChI=1S/C22H15ClO4S/c1-13-8-16(26-20(24)12-17-6-3-7-28-17)11-18-21(13)22(25)19(27-18)10-14-4-2-5-15(23)9-14/h2-11H,12H2,1H3/b19-10-. The highest BCUT2D eigenvalue weighted by molar-refractivity contribution is 7.10. The molecule has 0 bridgehead atoms. The molecule has 0 atom stereocenters. The minimum Gasteiger partial charge on any atom is -0.452 e. The van der Waals surface area contributed by atoms with Gasteiger partial charge in [0.1, 0.15) is 11.5 Å². The lowest BCUT2D eigenvalue weighted by Crippen LogP contribution is -2.10. The van der Waals surface area contributed by atoms with Gasteiger partial charge in [-0.25, -0.2) is 0 Å². The second kappa shape index (κ2) is 7.62. The minimum atomic E-state index is -0.360. The van der Waals surface area contributed by atoms with E-state index in [0.29, 0.717) is 27.6 Å². The van der Waals surface area contributed by atoms with Crippen molar-refractivity contribution in [3.05, 3.63) is 86.3 Å². The van der Waals surface area contributed by atoms with Crippen molar-refractivity contribution in [2.75, 3.05) is 0 Å². The Morgan fingerprint density at radius 3 is 2.82 bits per heavy atom. The molecule has 28 heavy (non-hydrogen) atoms. The zero-order valence-electron chi connectivity index (χ0n) is 14.9. The molecular formula is C22H15ClO4S. The Hall–Kier alpha value is -2.89. The van der Waals surface area contributed by atoms with Crippen LogP contribution in [0.25, 0.3) is 6.08 Å². The van der Waals surface area contributed by atoms with Gasteiger partial charge in [0.25, 0.3) is 0 Å². The van der Waals surface area contributed by atoms with E-state index in [0.717, 1.165) is 10.4 Å². The van der Waals surface area contributed by atoms with Gasteiger partial charge in [0.05, 0.1) is 12.0 Å². The third-order valence-corrected chi connectivity index (χ3v) is 5.33. The molecule has 0 unspecified atom stereocenters. The molecule has 0 saturated heterocycles. The summed E-state index contributed by atoms with van der Waals surface area (Å²) in [6.07, 6.45) is 1.85. The van der Waals surface area contributed by atoms with Gasteiger partial charge in [-0.15, -0.1) is 11.3 Å². The van der Waals surface area contributed by atoms with Gasteiger partial charge < -0.3 is 9.47 Å². The summed E-state index contributed by atoms with van der Waals surface area (Å²) in [5.74, 6) is 0.388. The third-order valence-electron chi connectivity index (χ3n) is 4.22. The maximum Gasteiger partial charge on any atom is 0.316 e. The van der Waals surface area contributed by atoms with Crippen LogP contribution in [0.4, 0.5) is 0 Å². The fourth-order valence-corrected chi connectivity index (χ4v) is 3.90. The normalized spacial score (nSPS) is 14.1. The average molecular weight is 411 g/mol. The van der Waals surface area contributed by atoms with Crippen LogP contribution in [-0.4, -0.2) is 11.8 Å². The van der Waals surface area contributed by atoms with Crippen molar-refractivity contribution in [1.82, 2.24) is 0 Å². The number of fused-ring (bicyclic) bond motifs is 1. The number of thiophene rings is 1. The van der Waals surface area contributed by atoms with Crippen molar-refractivity contribution in [1.29, 1.82) is 0 Å². The topological polar surface area (TPSA) is 52.6 Å². The molecule has 0 fully saturated rings. The van der Waals surface area contributed by atoms with E-state index < -0.39 is 0 Å². The molecular weight excluding hydrogens is 396 g/mol. The third kappa shape index (κ3) is 3.86. The number of esters is 1. The molecule has 2 aromatic carbocycles. The number of allylic oxidation sites excluding steroid dienone is 1. The van der Waals surface area contributed by atoms with Crippen molar-refractivity contribution in [3.8, 4) is 11.5 Å². The van der Waals surface area contributed by atoms with E-state index in [1.807, 2.05) is 23.6 Å². The van der Waals surface area contributed by atoms with Crippen LogP contribution in [0.3, 0.4) is 0 Å². The summed E-state index contributed by atoms with van der Waals surface area (Å²) in [6.45, 7) is 1.79. The molecule has 1 aliphatic heterocycles. The molecule has 1 aromatic heterocycles. The van der Waals surface area contributed by atoms with Crippen LogP contribution in [-0.2, 0) is 11.2 Å². The second-order valence-electron chi connectivity index (χ2n) is 6.34. The van der Waals surface area contributed by atoms with Crippen LogP contribution in [0, 0.1) is 6.92 Å². The van der Waals surface area contributed by atoms with E-state index in [9.17, 15) is 9.59 Å². The number of halogens is 1. The Morgan fingerprint density at radius 2 is 2.07 bits per heavy atom. The molecule has 0 aliphatic carbocycles. The summed E-state index contributed by atoms with van der Waals surface area (Å²) in [5.41, 5.74) is 1.94. The lowest BCUT2D eigenvalue weighted by Gasteiger charge is -2.07. The van der Waals surface area contributed by atoms with Crippen LogP contribution in [0.15, 0.2) is 59.7 Å². The first-order chi connectivity index (χ1) is 13.5. The second-order valence-corrected chi connectivity index (χ2v) is 7.81. The highest BCUT2D eigenvalue weighted by Crippen LogP contribution is 2.37. The lowest BCUT2D eigenvalue weighted by atomic mass is 10.0. The first-order valence-electron chi connectivity index (χ1n) is 8.57. The van der Waals surface area contributed by atoms with E-state index in [1.165, 1.54) is 11.3 Å². The fourth-order valence-electron chi connectivity index (χ4n) is 3.01. The molecule has 1 aliphatic rings. The molecule has 0 radical (unpaired) electrons. The Kier molecular flexibility index (Phi) is 5.03. The first-order valence-corrected chi connectivity index (χ1v) is 9.83. The predicted octanol–water partition coefficient (Wildman–Crippen LogP) is 5.47. The first kappa shape index (κ1) is 18.5. The van der Waals surface area contributed by atoms with Gasteiger partial charge in [-0.05, 0) is 53.8 Å². The maximum atomic E-state index is 12.7. The summed E-state index contributed by atoms with van der Waals surface area (Å²) < 4.78 is 11.2. The number of benzene rings is 2. The van der Waals surface area contributed by atoms with Crippen molar-refractivity contribution in [3.63, 3.8) is 0 Å². The zero-order valence-corrected chi connectivity index (χ0v) is 16.5. The molecule has 2 heterocycles. The Balaban J connectivity index is 1.57. The van der Waals surface area contributed by atoms with Gasteiger partial charge in [-0.3, -0.25) is 9.59 Å². The SMILES string of the molecule is Cc1cc(OC(=O)Cc2cccs2)cc2c1C(=O)/C(=C/c1cccc(Cl)c1)O2. The van der Waals surface area contributed by atoms with Gasteiger partial charge in [0.2, 0.25) is 5.78 Å². The molecule has 4 nitrogen and oxygen atoms in total. The number of Topliss-reactive ketones (excluding diaryl/α,β-unsaturated/α-hetero) is 1. The number of rotatable bonds is 4. The Morgan fingerprint density at radius 1 is 1.21 bits per heavy atom. The molecule has 3 aromatic rings. The molecule has 0 amide bonds. The van der Waals surface area contributed by atoms with Crippen molar-refractivity contribution >= 4 is 40.8 Å². The van der Waals surface area contributed by atoms with Crippen LogP contribution < -0.4 is 9.47 Å². The van der Waals surface area contributed by atoms with Gasteiger partial charge in [0, 0.05) is 16.0 Å². The van der Waals surface area contributed by atoms with Gasteiger partial charge in [-0.2, -0.15) is 0 Å². The Labute approximate surface area is 171 Å². The van der Waals surface area contributed by atoms with E-state index in [-0.39, 0.29) is 23.9 Å². The largest absolute Gasteiger partial charge is 0.452 e. The Bertz CT molecular complexity index is 1100. The monoisotopic (exact) mass is 410 g/mol. The summed E-state index contributed by atoms with van der Waals surface area (Å²) in [6, 6.07) is 14.2. The molecule has 0 spiro atoms. The predicted molar refractivity (Wildman–Crippen MR) is 109 cm³/mol. The van der Waals surface area contributed by atoms with E-state index >= 15 is 0 Å². The van der Waals surface area contributed by atoms with Crippen LogP contribution in [0.1, 0.15) is 26.4 Å². The van der Waals surface area contributed by atoms with Crippen molar-refractivity contribution in [2.45, 2.75) is 13.3 Å². The maximum absolute atomic E-state index is 12.7. The number of carbonyl (C=O) groups excluding carboxylic acids is 2. The summed E-state index contributed by atoms with van der Waals surface area (Å²) in [4.78, 5) is 25.8. The van der Waals surface area contributed by atoms with Crippen molar-refractivity contribution < 1.29 is 19.1 Å². The summed E-state index contributed by atoms with van der Waals surface area (Å²) >= 11 is 7.50. The highest BCUT2D eigenvalue weighted by atomic mass is 35.5. The van der Waals surface area contributed by atoms with Crippen LogP contribution >= 0.6 is 22.9 Å². The highest BCUT2D eigenvalue weighted by Gasteiger charge is 2.30. The molecule has 0 N–H and O–H groups in total. The van der Waals surface area contributed by atoms with Crippen LogP contribution in [0.2, 0.25) is 5.02 Å². The summed E-state index contributed by atoms with van der Waals surface area (Å²) in [7, 11) is 0. The van der Waals surface area contributed by atoms with E-state index in [1.54, 1.807) is 43.3 Å². The minimum absolute atomic E-state index is 0.202. The lowest BCUT2D eigenvalue weighted by molar-refractivity contribution is -0.133. The summed E-state index contributed by atoms with van der Waals surface area (Å²) in [5, 5.41) is 2.49. The number of hydrogen-bond acceptors (Lipinski definition) is 5. The van der Waals surface area contributed by atoms with E-state index in [2.05, 4.69) is 0 Å². The number of ketones is 1. The number of hydrogen-bond donors (Lipinski definition) is 0. The number of aryl methyl sites for hydroxylation is 1.